The summed E-state index contributed by atoms with van der Waals surface area (Å²) in [7, 11) is 0. The molecular weight excluding hydrogens is 410 g/mol. The molecule has 7 heteroatoms. The van der Waals surface area contributed by atoms with E-state index in [0.717, 1.165) is 24.3 Å². The fourth-order valence-electron chi connectivity index (χ4n) is 2.99. The van der Waals surface area contributed by atoms with Crippen molar-refractivity contribution >= 4 is 11.9 Å². The number of aliphatic carboxylic acids is 2. The van der Waals surface area contributed by atoms with E-state index in [9.17, 15) is 19.8 Å². The molecule has 2 atom stereocenters. The molecule has 0 radical (unpaired) electrons. The number of hydrogen-bond donors (Lipinski definition) is 3. The number of rotatable bonds is 10. The lowest BCUT2D eigenvalue weighted by Crippen LogP contribution is -2.90. The third kappa shape index (κ3) is 10.7. The Kier molecular flexibility index (Phi) is 11.8. The number of benzene rings is 2. The quantitative estimate of drug-likeness (QED) is 0.478. The molecule has 0 heterocycles. The number of carboxylic acid groups (broad SMARTS) is 2. The second kappa shape index (κ2) is 14.0. The van der Waals surface area contributed by atoms with E-state index in [-0.39, 0.29) is 0 Å². The number of carbonyl (C=O) groups excluding carboxylic acids is 1. The van der Waals surface area contributed by atoms with Crippen molar-refractivity contribution in [3.05, 3.63) is 76.9 Å². The fourth-order valence-corrected chi connectivity index (χ4v) is 2.99. The van der Waals surface area contributed by atoms with Crippen LogP contribution in [0, 0.1) is 20.8 Å². The summed E-state index contributed by atoms with van der Waals surface area (Å²) >= 11 is 0. The molecule has 0 aromatic heterocycles. The maximum absolute atomic E-state index is 10.5. The van der Waals surface area contributed by atoms with Crippen LogP contribution in [0.15, 0.2) is 54.6 Å². The van der Waals surface area contributed by atoms with Gasteiger partial charge in [-0.1, -0.05) is 30.3 Å². The Bertz CT molecular complexity index is 879. The molecule has 2 unspecified atom stereocenters. The van der Waals surface area contributed by atoms with Crippen molar-refractivity contribution in [2.45, 2.75) is 46.3 Å². The Morgan fingerprint density at radius 1 is 1.06 bits per heavy atom. The van der Waals surface area contributed by atoms with Crippen molar-refractivity contribution in [2.75, 3.05) is 13.2 Å². The zero-order valence-corrected chi connectivity index (χ0v) is 19.1. The van der Waals surface area contributed by atoms with Gasteiger partial charge in [-0.3, -0.25) is 0 Å². The third-order valence-corrected chi connectivity index (χ3v) is 4.87. The lowest BCUT2D eigenvalue weighted by molar-refractivity contribution is -0.688. The molecule has 0 aliphatic heterocycles. The largest absolute Gasteiger partial charge is 0.545 e. The van der Waals surface area contributed by atoms with Gasteiger partial charge in [0, 0.05) is 12.5 Å². The summed E-state index contributed by atoms with van der Waals surface area (Å²) in [6.07, 6.45) is 1.29. The van der Waals surface area contributed by atoms with E-state index in [0.29, 0.717) is 24.8 Å². The average molecular weight is 444 g/mol. The highest BCUT2D eigenvalue weighted by Crippen LogP contribution is 2.23. The molecule has 7 nitrogen and oxygen atoms in total. The van der Waals surface area contributed by atoms with Crippen LogP contribution in [0.1, 0.15) is 41.7 Å². The number of nitrogens with two attached hydrogens (primary N) is 1. The van der Waals surface area contributed by atoms with Crippen LogP contribution in [-0.4, -0.2) is 41.3 Å². The van der Waals surface area contributed by atoms with Crippen LogP contribution in [0.25, 0.3) is 0 Å². The van der Waals surface area contributed by atoms with Gasteiger partial charge in [0.1, 0.15) is 18.4 Å². The van der Waals surface area contributed by atoms with E-state index >= 15 is 0 Å². The van der Waals surface area contributed by atoms with Gasteiger partial charge in [0.2, 0.25) is 0 Å². The molecular formula is C25H33NO6. The van der Waals surface area contributed by atoms with Crippen LogP contribution in [0.3, 0.4) is 0 Å². The minimum Gasteiger partial charge on any atom is -0.545 e. The van der Waals surface area contributed by atoms with E-state index in [4.69, 9.17) is 9.84 Å². The summed E-state index contributed by atoms with van der Waals surface area (Å²) in [4.78, 5) is 19.0. The summed E-state index contributed by atoms with van der Waals surface area (Å²) in [6, 6.07) is 14.5. The minimum atomic E-state index is -1.51. The summed E-state index contributed by atoms with van der Waals surface area (Å²) in [6.45, 7) is 9.98. The molecule has 0 aliphatic rings. The summed E-state index contributed by atoms with van der Waals surface area (Å²) < 4.78 is 5.76. The number of hydrogen-bond acceptors (Lipinski definition) is 5. The number of aliphatic hydroxyl groups is 1. The average Bonchev–Trinajstić information content (AvgIpc) is 2.74. The molecule has 32 heavy (non-hydrogen) atoms. The van der Waals surface area contributed by atoms with Crippen molar-refractivity contribution in [3.63, 3.8) is 0 Å². The Morgan fingerprint density at radius 3 is 2.25 bits per heavy atom. The molecule has 2 aromatic rings. The van der Waals surface area contributed by atoms with E-state index in [2.05, 4.69) is 45.1 Å². The Labute approximate surface area is 189 Å². The van der Waals surface area contributed by atoms with E-state index in [1.807, 2.05) is 30.3 Å². The maximum Gasteiger partial charge on any atom is 0.328 e. The van der Waals surface area contributed by atoms with Crippen LogP contribution in [0.5, 0.6) is 5.75 Å². The van der Waals surface area contributed by atoms with Crippen LogP contribution < -0.4 is 15.2 Å². The van der Waals surface area contributed by atoms with Gasteiger partial charge >= 0.3 is 5.97 Å². The number of carbonyl (C=O) groups is 2. The first-order valence-corrected chi connectivity index (χ1v) is 10.5. The van der Waals surface area contributed by atoms with Gasteiger partial charge in [-0.05, 0) is 68.2 Å². The third-order valence-electron chi connectivity index (χ3n) is 4.87. The number of ether oxygens (including phenoxy) is 1. The SMILES string of the molecule is Cc1cc(C)c(C(O)CC[NH2+]C(C)COc2ccccc2)cc1C.O=C([O-])/C=C/C(=O)O. The van der Waals surface area contributed by atoms with Gasteiger partial charge in [0.15, 0.2) is 0 Å². The summed E-state index contributed by atoms with van der Waals surface area (Å²) in [5.41, 5.74) is 4.75. The summed E-state index contributed by atoms with van der Waals surface area (Å²) in [5.74, 6) is -1.90. The van der Waals surface area contributed by atoms with Gasteiger partial charge in [-0.15, -0.1) is 0 Å². The first-order valence-electron chi connectivity index (χ1n) is 10.5. The maximum atomic E-state index is 10.5. The first kappa shape index (κ1) is 26.9. The predicted molar refractivity (Wildman–Crippen MR) is 120 cm³/mol. The smallest absolute Gasteiger partial charge is 0.328 e. The normalized spacial score (nSPS) is 12.5. The number of carboxylic acids is 2. The monoisotopic (exact) mass is 443 g/mol. The highest BCUT2D eigenvalue weighted by atomic mass is 16.5. The Hall–Kier alpha value is -3.16. The van der Waals surface area contributed by atoms with Gasteiger partial charge < -0.3 is 30.2 Å². The second-order valence-corrected chi connectivity index (χ2v) is 7.71. The molecule has 0 saturated heterocycles. The minimum absolute atomic E-state index is 0.359. The van der Waals surface area contributed by atoms with Crippen LogP contribution in [0.2, 0.25) is 0 Å². The zero-order valence-electron chi connectivity index (χ0n) is 19.1. The van der Waals surface area contributed by atoms with Crippen molar-refractivity contribution in [1.82, 2.24) is 0 Å². The molecule has 174 valence electrons. The number of quaternary nitrogens is 1. The van der Waals surface area contributed by atoms with Gasteiger partial charge in [-0.2, -0.15) is 0 Å². The van der Waals surface area contributed by atoms with Crippen LogP contribution in [-0.2, 0) is 9.59 Å². The fraction of sp³-hybridized carbons (Fsp3) is 0.360. The zero-order chi connectivity index (χ0) is 24.1. The number of aryl methyl sites for hydroxylation is 3. The summed E-state index contributed by atoms with van der Waals surface area (Å²) in [5, 5.41) is 30.0. The van der Waals surface area contributed by atoms with Gasteiger partial charge in [0.25, 0.3) is 0 Å². The first-order chi connectivity index (χ1) is 15.1. The van der Waals surface area contributed by atoms with Crippen LogP contribution in [0.4, 0.5) is 0 Å². The molecule has 0 spiro atoms. The van der Waals surface area contributed by atoms with E-state index < -0.39 is 18.0 Å². The highest BCUT2D eigenvalue weighted by Gasteiger charge is 2.14. The predicted octanol–water partition coefficient (Wildman–Crippen LogP) is 1.44. The number of para-hydroxylation sites is 1. The molecule has 2 rings (SSSR count). The lowest BCUT2D eigenvalue weighted by Gasteiger charge is -2.17. The molecule has 0 fully saturated rings. The van der Waals surface area contributed by atoms with Crippen molar-refractivity contribution in [2.24, 2.45) is 0 Å². The lowest BCUT2D eigenvalue weighted by atomic mass is 9.96. The highest BCUT2D eigenvalue weighted by molar-refractivity contribution is 5.88. The van der Waals surface area contributed by atoms with Crippen molar-refractivity contribution < 1.29 is 35.0 Å². The molecule has 0 aliphatic carbocycles. The van der Waals surface area contributed by atoms with Crippen LogP contribution >= 0.6 is 0 Å². The van der Waals surface area contributed by atoms with Crippen molar-refractivity contribution in [1.29, 1.82) is 0 Å². The van der Waals surface area contributed by atoms with E-state index in [1.165, 1.54) is 16.7 Å². The topological polar surface area (TPSA) is 124 Å². The van der Waals surface area contributed by atoms with Crippen molar-refractivity contribution in [3.8, 4) is 5.75 Å². The molecule has 4 N–H and O–H groups in total. The second-order valence-electron chi connectivity index (χ2n) is 7.71. The van der Waals surface area contributed by atoms with E-state index in [1.54, 1.807) is 0 Å². The molecule has 0 bridgehead atoms. The van der Waals surface area contributed by atoms with Gasteiger partial charge in [0.05, 0.1) is 18.6 Å². The Morgan fingerprint density at radius 2 is 1.69 bits per heavy atom. The molecule has 2 aromatic carbocycles. The van der Waals surface area contributed by atoms with Gasteiger partial charge in [-0.25, -0.2) is 4.79 Å². The number of aliphatic hydroxyl groups excluding tert-OH is 1. The Balaban J connectivity index is 0.000000547. The molecule has 0 saturated carbocycles. The molecule has 0 amide bonds. The standard InChI is InChI=1S/C21H29NO2.C4H4O4/c1-15-12-17(3)20(13-16(15)2)21(23)10-11-22-18(4)14-24-19-8-6-5-7-9-19;5-3(6)1-2-4(7)8/h5-9,12-13,18,21-23H,10-11,14H2,1-4H3;1-2H,(H,5,6)(H,7,8)/b;2-1+.